The number of rotatable bonds is 0. The van der Waals surface area contributed by atoms with Crippen LogP contribution in [0.4, 0.5) is 0 Å². The molecule has 0 atom stereocenters. The molecule has 2 nitrogen and oxygen atoms in total. The Morgan fingerprint density at radius 3 is 1.25 bits per heavy atom. The van der Waals surface area contributed by atoms with Crippen molar-refractivity contribution in [2.45, 2.75) is 0 Å². The second-order valence-electron chi connectivity index (χ2n) is 0.115. The van der Waals surface area contributed by atoms with Gasteiger partial charge >= 0.3 is 7.69 Å². The van der Waals surface area contributed by atoms with Crippen molar-refractivity contribution in [3.63, 3.8) is 0 Å². The molecular formula is H2BBaO2. The fraction of sp³-hybridized carbons (Fsp3) is 0. The molecule has 0 saturated heterocycles. The van der Waals surface area contributed by atoms with Gasteiger partial charge in [-0.25, -0.2) is 0 Å². The van der Waals surface area contributed by atoms with Crippen LogP contribution >= 0.6 is 0 Å². The van der Waals surface area contributed by atoms with Crippen LogP contribution in [0.25, 0.3) is 0 Å². The second-order valence-corrected chi connectivity index (χ2v) is 0.115. The minimum atomic E-state index is 0. The predicted octanol–water partition coefficient (Wildman–Crippen LogP) is -1.88. The van der Waals surface area contributed by atoms with E-state index in [1.807, 2.05) is 0 Å². The minimum absolute atomic E-state index is 0. The zero-order chi connectivity index (χ0) is 2.71. The van der Waals surface area contributed by atoms with Crippen LogP contribution in [-0.4, -0.2) is 66.6 Å². The van der Waals surface area contributed by atoms with E-state index in [2.05, 4.69) is 0 Å². The molecule has 0 aliphatic rings. The normalized spacial score (nSPS) is 3.50. The molecule has 0 heterocycles. The Morgan fingerprint density at radius 2 is 1.25 bits per heavy atom. The summed E-state index contributed by atoms with van der Waals surface area (Å²) in [7, 11) is 0. The zero-order valence-electron chi connectivity index (χ0n) is 2.18. The summed E-state index contributed by atoms with van der Waals surface area (Å²) < 4.78 is 0. The van der Waals surface area contributed by atoms with Crippen molar-refractivity contribution in [3.05, 3.63) is 0 Å². The summed E-state index contributed by atoms with van der Waals surface area (Å²) in [5.74, 6) is 0. The van der Waals surface area contributed by atoms with E-state index in [0.717, 1.165) is 0 Å². The topological polar surface area (TPSA) is 40.5 Å². The maximum Gasteiger partial charge on any atom is 0.482 e. The van der Waals surface area contributed by atoms with E-state index in [0.29, 0.717) is 0 Å². The summed E-state index contributed by atoms with van der Waals surface area (Å²) in [6.45, 7) is 0. The summed E-state index contributed by atoms with van der Waals surface area (Å²) in [6, 6.07) is 0. The molecule has 0 aliphatic heterocycles. The van der Waals surface area contributed by atoms with Gasteiger partial charge in [-0.1, -0.05) is 0 Å². The monoisotopic (exact) mass is 183 g/mol. The Morgan fingerprint density at radius 1 is 1.25 bits per heavy atom. The molecule has 0 saturated carbocycles. The van der Waals surface area contributed by atoms with Crippen LogP contribution < -0.4 is 0 Å². The van der Waals surface area contributed by atoms with Crippen LogP contribution in [0.3, 0.4) is 0 Å². The van der Waals surface area contributed by atoms with Gasteiger partial charge in [0, 0.05) is 48.9 Å². The molecule has 4 heavy (non-hydrogen) atoms. The Hall–Kier alpha value is 1.56. The van der Waals surface area contributed by atoms with Crippen LogP contribution in [0.2, 0.25) is 0 Å². The van der Waals surface area contributed by atoms with Gasteiger partial charge in [0.05, 0.1) is 0 Å². The molecule has 0 amide bonds. The molecule has 4 heteroatoms. The van der Waals surface area contributed by atoms with Crippen molar-refractivity contribution in [2.24, 2.45) is 0 Å². The van der Waals surface area contributed by atoms with Crippen LogP contribution in [0.15, 0.2) is 0 Å². The summed E-state index contributed by atoms with van der Waals surface area (Å²) >= 11 is 0. The minimum Gasteiger partial charge on any atom is -0.429 e. The van der Waals surface area contributed by atoms with Gasteiger partial charge in [0.1, 0.15) is 0 Å². The molecule has 0 rings (SSSR count). The van der Waals surface area contributed by atoms with E-state index in [-0.39, 0.29) is 56.6 Å². The van der Waals surface area contributed by atoms with Crippen LogP contribution in [-0.2, 0) is 0 Å². The molecular weight excluding hydrogens is 180 g/mol. The molecule has 0 spiro atoms. The van der Waals surface area contributed by atoms with Crippen molar-refractivity contribution >= 4 is 56.6 Å². The average molecular weight is 182 g/mol. The zero-order valence-corrected chi connectivity index (χ0v) is 6.62. The molecule has 0 aromatic heterocycles. The van der Waals surface area contributed by atoms with E-state index < -0.39 is 0 Å². The van der Waals surface area contributed by atoms with Crippen molar-refractivity contribution < 1.29 is 10.0 Å². The average Bonchev–Trinajstić information content (AvgIpc) is 0.918. The van der Waals surface area contributed by atoms with Crippen LogP contribution in [0.1, 0.15) is 0 Å². The SMILES string of the molecule is O[B]O.[Ba]. The quantitative estimate of drug-likeness (QED) is 0.431. The summed E-state index contributed by atoms with van der Waals surface area (Å²) in [5, 5.41) is 14.0. The molecule has 19 valence electrons. The van der Waals surface area contributed by atoms with Crippen molar-refractivity contribution in [1.29, 1.82) is 0 Å². The Kier molecular flexibility index (Phi) is 20.1. The standard InChI is InChI=1S/BH2O2.Ba/c2-1-3;/h2-3H;. The number of hydrogen-bond donors (Lipinski definition) is 2. The third-order valence-corrected chi connectivity index (χ3v) is 0. The first-order chi connectivity index (χ1) is 1.41. The van der Waals surface area contributed by atoms with Gasteiger partial charge in [-0.05, 0) is 0 Å². The van der Waals surface area contributed by atoms with Crippen molar-refractivity contribution in [3.8, 4) is 0 Å². The molecule has 0 aromatic carbocycles. The first-order valence-electron chi connectivity index (χ1n) is 0.516. The Bertz CT molecular complexity index is 6.00. The van der Waals surface area contributed by atoms with Gasteiger partial charge in [-0.15, -0.1) is 0 Å². The fourth-order valence-corrected chi connectivity index (χ4v) is 0. The molecule has 0 aliphatic carbocycles. The van der Waals surface area contributed by atoms with Gasteiger partial charge in [-0.3, -0.25) is 0 Å². The Labute approximate surface area is 65.6 Å². The molecule has 0 fully saturated rings. The van der Waals surface area contributed by atoms with E-state index in [1.54, 1.807) is 0 Å². The summed E-state index contributed by atoms with van der Waals surface area (Å²) in [6.07, 6.45) is 0. The first-order valence-corrected chi connectivity index (χ1v) is 0.516. The van der Waals surface area contributed by atoms with Gasteiger partial charge < -0.3 is 10.0 Å². The number of hydrogen-bond acceptors (Lipinski definition) is 2. The molecule has 0 bridgehead atoms. The van der Waals surface area contributed by atoms with E-state index in [9.17, 15) is 0 Å². The smallest absolute Gasteiger partial charge is 0.429 e. The van der Waals surface area contributed by atoms with Gasteiger partial charge in [0.15, 0.2) is 0 Å². The van der Waals surface area contributed by atoms with Gasteiger partial charge in [0.2, 0.25) is 0 Å². The molecule has 2 N–H and O–H groups in total. The molecule has 0 unspecified atom stereocenters. The van der Waals surface area contributed by atoms with Crippen LogP contribution in [0, 0.1) is 0 Å². The second kappa shape index (κ2) is 8.82. The van der Waals surface area contributed by atoms with Crippen LogP contribution in [0.5, 0.6) is 0 Å². The Balaban J connectivity index is 0. The molecule has 3 radical (unpaired) electrons. The summed E-state index contributed by atoms with van der Waals surface area (Å²) in [5.41, 5.74) is 0. The van der Waals surface area contributed by atoms with Gasteiger partial charge in [0.25, 0.3) is 0 Å². The van der Waals surface area contributed by atoms with Gasteiger partial charge in [-0.2, -0.15) is 0 Å². The third kappa shape index (κ3) is 9.59. The first kappa shape index (κ1) is 9.12. The van der Waals surface area contributed by atoms with E-state index in [4.69, 9.17) is 10.0 Å². The third-order valence-electron chi connectivity index (χ3n) is 0. The molecule has 0 aromatic rings. The van der Waals surface area contributed by atoms with Crippen molar-refractivity contribution in [2.75, 3.05) is 0 Å². The largest absolute Gasteiger partial charge is 0.482 e. The predicted molar refractivity (Wildman–Crippen MR) is 15.9 cm³/mol. The fourth-order valence-electron chi connectivity index (χ4n) is 0. The maximum absolute atomic E-state index is 7.00. The summed E-state index contributed by atoms with van der Waals surface area (Å²) in [4.78, 5) is 0. The van der Waals surface area contributed by atoms with Crippen molar-refractivity contribution in [1.82, 2.24) is 0 Å². The van der Waals surface area contributed by atoms with E-state index in [1.165, 1.54) is 0 Å². The maximum atomic E-state index is 7.00. The van der Waals surface area contributed by atoms with E-state index >= 15 is 0 Å².